The Labute approximate surface area is 165 Å². The van der Waals surface area contributed by atoms with Gasteiger partial charge in [-0.05, 0) is 26.0 Å². The zero-order valence-electron chi connectivity index (χ0n) is 15.6. The Bertz CT molecular complexity index is 897. The Hall–Kier alpha value is -3.86. The van der Waals surface area contributed by atoms with Gasteiger partial charge in [0.15, 0.2) is 0 Å². The fraction of sp³-hybridized carbons (Fsp3) is 0.222. The Balaban J connectivity index is 1.84. The molecule has 2 aromatic rings. The van der Waals surface area contributed by atoms with Gasteiger partial charge in [-0.15, -0.1) is 0 Å². The molecular weight excluding hydrogens is 384 g/mol. The number of hydrogen-bond acceptors (Lipinski definition) is 7. The summed E-state index contributed by atoms with van der Waals surface area (Å²) in [6, 6.07) is 8.48. The van der Waals surface area contributed by atoms with Crippen LogP contribution in [0.2, 0.25) is 0 Å². The van der Waals surface area contributed by atoms with Crippen LogP contribution in [0.15, 0.2) is 36.4 Å². The molecule has 2 rings (SSSR count). The molecule has 11 nitrogen and oxygen atoms in total. The van der Waals surface area contributed by atoms with Gasteiger partial charge >= 0.3 is 0 Å². The number of rotatable bonds is 8. The van der Waals surface area contributed by atoms with E-state index in [-0.39, 0.29) is 22.7 Å². The Morgan fingerprint density at radius 3 is 1.55 bits per heavy atom. The second-order valence-corrected chi connectivity index (χ2v) is 6.11. The quantitative estimate of drug-likeness (QED) is 0.508. The second kappa shape index (κ2) is 9.37. The molecule has 0 radical (unpaired) electrons. The van der Waals surface area contributed by atoms with Crippen LogP contribution >= 0.6 is 0 Å². The molecule has 11 heteroatoms. The lowest BCUT2D eigenvalue weighted by molar-refractivity contribution is -0.385. The highest BCUT2D eigenvalue weighted by molar-refractivity contribution is 5.94. The molecule has 0 bridgehead atoms. The molecular formula is C18H18N4O7. The van der Waals surface area contributed by atoms with E-state index in [1.807, 2.05) is 0 Å². The third-order valence-corrected chi connectivity index (χ3v) is 3.85. The SMILES string of the molecule is Cc1ccc(NC(=O)COCC(=O)Nc2ccc(C)c([N+](=O)[O-])c2)cc1[N+](=O)[O-]. The van der Waals surface area contributed by atoms with E-state index in [0.29, 0.717) is 11.1 Å². The van der Waals surface area contributed by atoms with Crippen molar-refractivity contribution in [2.45, 2.75) is 13.8 Å². The first-order valence-corrected chi connectivity index (χ1v) is 8.35. The largest absolute Gasteiger partial charge is 0.362 e. The number of carbonyl (C=O) groups is 2. The van der Waals surface area contributed by atoms with E-state index in [9.17, 15) is 29.8 Å². The zero-order valence-corrected chi connectivity index (χ0v) is 15.6. The summed E-state index contributed by atoms with van der Waals surface area (Å²) in [4.78, 5) is 44.5. The number of ether oxygens (including phenoxy) is 1. The number of carbonyl (C=O) groups excluding carboxylic acids is 2. The van der Waals surface area contributed by atoms with Crippen LogP contribution < -0.4 is 10.6 Å². The van der Waals surface area contributed by atoms with E-state index in [0.717, 1.165) is 0 Å². The molecule has 0 aromatic heterocycles. The number of nitro groups is 2. The van der Waals surface area contributed by atoms with Gasteiger partial charge in [0.05, 0.1) is 9.85 Å². The summed E-state index contributed by atoms with van der Waals surface area (Å²) in [6.45, 7) is 2.24. The smallest absolute Gasteiger partial charge is 0.274 e. The molecule has 0 aliphatic rings. The lowest BCUT2D eigenvalue weighted by Gasteiger charge is -2.08. The van der Waals surface area contributed by atoms with E-state index >= 15 is 0 Å². The van der Waals surface area contributed by atoms with Crippen molar-refractivity contribution < 1.29 is 24.2 Å². The predicted molar refractivity (Wildman–Crippen MR) is 104 cm³/mol. The van der Waals surface area contributed by atoms with Gasteiger partial charge in [-0.25, -0.2) is 0 Å². The monoisotopic (exact) mass is 402 g/mol. The number of anilines is 2. The molecule has 152 valence electrons. The average Bonchev–Trinajstić information content (AvgIpc) is 2.64. The number of nitrogens with zero attached hydrogens (tertiary/aromatic N) is 2. The van der Waals surface area contributed by atoms with Gasteiger partial charge in [-0.1, -0.05) is 12.1 Å². The third kappa shape index (κ3) is 6.07. The second-order valence-electron chi connectivity index (χ2n) is 6.11. The summed E-state index contributed by atoms with van der Waals surface area (Å²) in [5, 5.41) is 26.7. The first kappa shape index (κ1) is 21.4. The molecule has 29 heavy (non-hydrogen) atoms. The van der Waals surface area contributed by atoms with E-state index < -0.39 is 34.9 Å². The highest BCUT2D eigenvalue weighted by Crippen LogP contribution is 2.23. The van der Waals surface area contributed by atoms with Crippen molar-refractivity contribution in [1.29, 1.82) is 0 Å². The van der Waals surface area contributed by atoms with Crippen LogP contribution in [0.25, 0.3) is 0 Å². The van der Waals surface area contributed by atoms with Crippen molar-refractivity contribution in [1.82, 2.24) is 0 Å². The summed E-state index contributed by atoms with van der Waals surface area (Å²) in [5.74, 6) is -1.19. The number of aryl methyl sites for hydroxylation is 2. The number of amides is 2. The molecule has 2 aromatic carbocycles. The maximum atomic E-state index is 11.9. The number of hydrogen-bond donors (Lipinski definition) is 2. The van der Waals surface area contributed by atoms with Crippen LogP contribution in [0, 0.1) is 34.1 Å². The molecule has 2 amide bonds. The molecule has 0 aliphatic heterocycles. The van der Waals surface area contributed by atoms with Crippen LogP contribution in [0.5, 0.6) is 0 Å². The van der Waals surface area contributed by atoms with Crippen LogP contribution in [-0.4, -0.2) is 34.9 Å². The number of nitro benzene ring substituents is 2. The first-order chi connectivity index (χ1) is 13.7. The van der Waals surface area contributed by atoms with E-state index in [4.69, 9.17) is 4.74 Å². The minimum Gasteiger partial charge on any atom is -0.362 e. The predicted octanol–water partition coefficient (Wildman–Crippen LogP) is 2.71. The van der Waals surface area contributed by atoms with Gasteiger partial charge in [0.25, 0.3) is 11.4 Å². The first-order valence-electron chi connectivity index (χ1n) is 8.35. The van der Waals surface area contributed by atoms with Crippen molar-refractivity contribution in [2.75, 3.05) is 23.8 Å². The fourth-order valence-corrected chi connectivity index (χ4v) is 2.40. The number of nitrogens with one attached hydrogen (secondary N) is 2. The molecule has 0 atom stereocenters. The van der Waals surface area contributed by atoms with Crippen LogP contribution in [0.1, 0.15) is 11.1 Å². The summed E-state index contributed by atoms with van der Waals surface area (Å²) >= 11 is 0. The number of benzene rings is 2. The van der Waals surface area contributed by atoms with Gasteiger partial charge in [0.1, 0.15) is 13.2 Å². The molecule has 0 unspecified atom stereocenters. The Morgan fingerprint density at radius 2 is 1.21 bits per heavy atom. The van der Waals surface area contributed by atoms with Crippen LogP contribution in [0.4, 0.5) is 22.7 Å². The lowest BCUT2D eigenvalue weighted by atomic mass is 10.2. The van der Waals surface area contributed by atoms with E-state index in [1.165, 1.54) is 36.4 Å². The van der Waals surface area contributed by atoms with Gasteiger partial charge in [0, 0.05) is 34.6 Å². The van der Waals surface area contributed by atoms with Crippen molar-refractivity contribution in [2.24, 2.45) is 0 Å². The van der Waals surface area contributed by atoms with E-state index in [1.54, 1.807) is 13.8 Å². The lowest BCUT2D eigenvalue weighted by Crippen LogP contribution is -2.24. The summed E-state index contributed by atoms with van der Waals surface area (Å²) in [6.07, 6.45) is 0. The maximum absolute atomic E-state index is 11.9. The molecule has 0 spiro atoms. The van der Waals surface area contributed by atoms with Crippen LogP contribution in [0.3, 0.4) is 0 Å². The van der Waals surface area contributed by atoms with Crippen molar-refractivity contribution in [3.05, 3.63) is 67.8 Å². The van der Waals surface area contributed by atoms with Crippen molar-refractivity contribution in [3.63, 3.8) is 0 Å². The standard InChI is InChI=1S/C18H18N4O7/c1-11-3-5-13(7-15(11)21(25)26)19-17(23)9-29-10-18(24)20-14-6-4-12(2)16(8-14)22(27)28/h3-8H,9-10H2,1-2H3,(H,19,23)(H,20,24). The van der Waals surface area contributed by atoms with Gasteiger partial charge in [-0.3, -0.25) is 29.8 Å². The third-order valence-electron chi connectivity index (χ3n) is 3.85. The minimum atomic E-state index is -0.595. The highest BCUT2D eigenvalue weighted by Gasteiger charge is 2.14. The molecule has 0 fully saturated rings. The maximum Gasteiger partial charge on any atom is 0.274 e. The van der Waals surface area contributed by atoms with Crippen molar-refractivity contribution in [3.8, 4) is 0 Å². The molecule has 0 aliphatic carbocycles. The average molecular weight is 402 g/mol. The zero-order chi connectivity index (χ0) is 21.6. The fourth-order valence-electron chi connectivity index (χ4n) is 2.40. The van der Waals surface area contributed by atoms with Crippen LogP contribution in [-0.2, 0) is 14.3 Å². The molecule has 2 N–H and O–H groups in total. The topological polar surface area (TPSA) is 154 Å². The van der Waals surface area contributed by atoms with Gasteiger partial charge in [0.2, 0.25) is 11.8 Å². The summed E-state index contributed by atoms with van der Waals surface area (Å²) < 4.78 is 5.01. The summed E-state index contributed by atoms with van der Waals surface area (Å²) in [5.41, 5.74) is 1.11. The molecule has 0 saturated carbocycles. The summed E-state index contributed by atoms with van der Waals surface area (Å²) in [7, 11) is 0. The van der Waals surface area contributed by atoms with E-state index in [2.05, 4.69) is 10.6 Å². The van der Waals surface area contributed by atoms with Crippen molar-refractivity contribution >= 4 is 34.6 Å². The molecule has 0 heterocycles. The molecule has 0 saturated heterocycles. The van der Waals surface area contributed by atoms with Gasteiger partial charge in [-0.2, -0.15) is 0 Å². The Morgan fingerprint density at radius 1 is 0.828 bits per heavy atom. The van der Waals surface area contributed by atoms with Gasteiger partial charge < -0.3 is 15.4 Å². The minimum absolute atomic E-state index is 0.129. The normalized spacial score (nSPS) is 10.3. The Kier molecular flexibility index (Phi) is 6.93. The highest BCUT2D eigenvalue weighted by atomic mass is 16.6.